The third-order valence-corrected chi connectivity index (χ3v) is 2.35. The summed E-state index contributed by atoms with van der Waals surface area (Å²) in [6.45, 7) is 0.884. The van der Waals surface area contributed by atoms with Crippen LogP contribution in [0.1, 0.15) is 5.56 Å². The lowest BCUT2D eigenvalue weighted by Crippen LogP contribution is -2.20. The van der Waals surface area contributed by atoms with Crippen molar-refractivity contribution >= 4 is 5.90 Å². The van der Waals surface area contributed by atoms with Crippen molar-refractivity contribution in [2.75, 3.05) is 13.1 Å². The minimum absolute atomic E-state index is 0.0690. The first-order valence-corrected chi connectivity index (χ1v) is 4.93. The van der Waals surface area contributed by atoms with Crippen molar-refractivity contribution in [3.63, 3.8) is 0 Å². The molecule has 1 aliphatic rings. The van der Waals surface area contributed by atoms with E-state index in [0.29, 0.717) is 31.0 Å². The van der Waals surface area contributed by atoms with E-state index in [0.717, 1.165) is 0 Å². The van der Waals surface area contributed by atoms with Gasteiger partial charge >= 0.3 is 0 Å². The molecule has 1 heterocycles. The third-order valence-electron chi connectivity index (χ3n) is 2.35. The summed E-state index contributed by atoms with van der Waals surface area (Å²) < 4.78 is 18.7. The quantitative estimate of drug-likeness (QED) is 0.809. The third kappa shape index (κ3) is 2.33. The molecule has 1 aromatic carbocycles. The second-order valence-corrected chi connectivity index (χ2v) is 3.47. The van der Waals surface area contributed by atoms with Gasteiger partial charge in [0.2, 0.25) is 0 Å². The van der Waals surface area contributed by atoms with Crippen LogP contribution in [-0.4, -0.2) is 25.1 Å². The highest BCUT2D eigenvalue weighted by molar-refractivity contribution is 5.79. The summed E-state index contributed by atoms with van der Waals surface area (Å²) in [5.74, 6) is 0.374. The van der Waals surface area contributed by atoms with Gasteiger partial charge in [0.1, 0.15) is 11.9 Å². The van der Waals surface area contributed by atoms with E-state index in [1.165, 1.54) is 6.07 Å². The van der Waals surface area contributed by atoms with Gasteiger partial charge in [0.25, 0.3) is 0 Å². The van der Waals surface area contributed by atoms with Crippen LogP contribution in [0.4, 0.5) is 4.39 Å². The van der Waals surface area contributed by atoms with E-state index >= 15 is 0 Å². The first-order chi connectivity index (χ1) is 7.29. The lowest BCUT2D eigenvalue weighted by Gasteiger charge is -2.10. The molecule has 0 aliphatic carbocycles. The van der Waals surface area contributed by atoms with E-state index in [4.69, 9.17) is 10.5 Å². The smallest absolute Gasteiger partial charge is 0.197 e. The summed E-state index contributed by atoms with van der Waals surface area (Å²) in [6.07, 6.45) is 0.472. The lowest BCUT2D eigenvalue weighted by atomic mass is 10.1. The topological polar surface area (TPSA) is 47.6 Å². The van der Waals surface area contributed by atoms with Crippen LogP contribution in [0.15, 0.2) is 29.3 Å². The Morgan fingerprint density at radius 2 is 2.27 bits per heavy atom. The molecule has 0 fully saturated rings. The Bertz CT molecular complexity index is 379. The van der Waals surface area contributed by atoms with Gasteiger partial charge in [-0.15, -0.1) is 0 Å². The lowest BCUT2D eigenvalue weighted by molar-refractivity contribution is 0.220. The number of ether oxygens (including phenoxy) is 1. The van der Waals surface area contributed by atoms with Gasteiger partial charge in [-0.05, 0) is 11.6 Å². The van der Waals surface area contributed by atoms with E-state index in [2.05, 4.69) is 4.99 Å². The fraction of sp³-hybridized carbons (Fsp3) is 0.364. The van der Waals surface area contributed by atoms with Crippen molar-refractivity contribution < 1.29 is 9.13 Å². The SMILES string of the molecule is NCC1=NCC(Cc2ccccc2F)O1. The van der Waals surface area contributed by atoms with Gasteiger partial charge in [0, 0.05) is 6.42 Å². The van der Waals surface area contributed by atoms with E-state index in [9.17, 15) is 4.39 Å². The number of nitrogens with zero attached hydrogens (tertiary/aromatic N) is 1. The summed E-state index contributed by atoms with van der Waals surface area (Å²) >= 11 is 0. The molecular weight excluding hydrogens is 195 g/mol. The Kier molecular flexibility index (Phi) is 2.97. The molecule has 1 unspecified atom stereocenters. The van der Waals surface area contributed by atoms with Crippen molar-refractivity contribution in [3.05, 3.63) is 35.6 Å². The van der Waals surface area contributed by atoms with Gasteiger partial charge in [-0.3, -0.25) is 4.99 Å². The van der Waals surface area contributed by atoms with Crippen LogP contribution in [0.3, 0.4) is 0 Å². The maximum absolute atomic E-state index is 13.3. The number of halogens is 1. The Balaban J connectivity index is 1.97. The Morgan fingerprint density at radius 3 is 2.93 bits per heavy atom. The van der Waals surface area contributed by atoms with Gasteiger partial charge in [-0.1, -0.05) is 18.2 Å². The molecule has 0 bridgehead atoms. The number of hydrogen-bond acceptors (Lipinski definition) is 3. The maximum Gasteiger partial charge on any atom is 0.197 e. The van der Waals surface area contributed by atoms with E-state index in [1.54, 1.807) is 12.1 Å². The van der Waals surface area contributed by atoms with E-state index in [-0.39, 0.29) is 11.9 Å². The molecule has 0 radical (unpaired) electrons. The monoisotopic (exact) mass is 208 g/mol. The maximum atomic E-state index is 13.3. The summed E-state index contributed by atoms with van der Waals surface area (Å²) in [5, 5.41) is 0. The highest BCUT2D eigenvalue weighted by atomic mass is 19.1. The summed E-state index contributed by atoms with van der Waals surface area (Å²) in [5.41, 5.74) is 6.05. The van der Waals surface area contributed by atoms with Crippen molar-refractivity contribution in [1.82, 2.24) is 0 Å². The highest BCUT2D eigenvalue weighted by Crippen LogP contribution is 2.14. The van der Waals surface area contributed by atoms with Crippen molar-refractivity contribution in [2.24, 2.45) is 10.7 Å². The normalized spacial score (nSPS) is 19.9. The predicted octanol–water partition coefficient (Wildman–Crippen LogP) is 1.12. The fourth-order valence-corrected chi connectivity index (χ4v) is 1.60. The molecule has 0 amide bonds. The number of rotatable bonds is 3. The van der Waals surface area contributed by atoms with Crippen LogP contribution in [0.25, 0.3) is 0 Å². The summed E-state index contributed by atoms with van der Waals surface area (Å²) in [4.78, 5) is 4.11. The number of hydrogen-bond donors (Lipinski definition) is 1. The molecule has 0 spiro atoms. The molecule has 1 atom stereocenters. The van der Waals surface area contributed by atoms with Crippen LogP contribution in [0.2, 0.25) is 0 Å². The molecule has 3 nitrogen and oxygen atoms in total. The van der Waals surface area contributed by atoms with E-state index < -0.39 is 0 Å². The molecule has 80 valence electrons. The highest BCUT2D eigenvalue weighted by Gasteiger charge is 2.19. The first-order valence-electron chi connectivity index (χ1n) is 4.93. The Labute approximate surface area is 87.8 Å². The molecule has 1 aliphatic heterocycles. The first kappa shape index (κ1) is 10.1. The van der Waals surface area contributed by atoms with Crippen LogP contribution < -0.4 is 5.73 Å². The average molecular weight is 208 g/mol. The molecule has 0 aromatic heterocycles. The van der Waals surface area contributed by atoms with Gasteiger partial charge in [-0.2, -0.15) is 0 Å². The molecule has 2 rings (SSSR count). The standard InChI is InChI=1S/C11H13FN2O/c12-10-4-2-1-3-8(10)5-9-7-14-11(6-13)15-9/h1-4,9H,5-7,13H2. The van der Waals surface area contributed by atoms with Crippen LogP contribution in [-0.2, 0) is 11.2 Å². The zero-order valence-electron chi connectivity index (χ0n) is 8.32. The zero-order chi connectivity index (χ0) is 10.7. The molecule has 1 aromatic rings. The second kappa shape index (κ2) is 4.40. The van der Waals surface area contributed by atoms with Crippen LogP contribution in [0.5, 0.6) is 0 Å². The van der Waals surface area contributed by atoms with Crippen LogP contribution >= 0.6 is 0 Å². The molecule has 15 heavy (non-hydrogen) atoms. The predicted molar refractivity (Wildman–Crippen MR) is 56.3 cm³/mol. The molecule has 4 heteroatoms. The Morgan fingerprint density at radius 1 is 1.47 bits per heavy atom. The van der Waals surface area contributed by atoms with Crippen LogP contribution in [0, 0.1) is 5.82 Å². The van der Waals surface area contributed by atoms with Crippen molar-refractivity contribution in [2.45, 2.75) is 12.5 Å². The zero-order valence-corrected chi connectivity index (χ0v) is 8.32. The van der Waals surface area contributed by atoms with Crippen molar-refractivity contribution in [1.29, 1.82) is 0 Å². The fourth-order valence-electron chi connectivity index (χ4n) is 1.60. The largest absolute Gasteiger partial charge is 0.474 e. The summed E-state index contributed by atoms with van der Waals surface area (Å²) in [7, 11) is 0. The molecular formula is C11H13FN2O. The van der Waals surface area contributed by atoms with Gasteiger partial charge in [-0.25, -0.2) is 4.39 Å². The second-order valence-electron chi connectivity index (χ2n) is 3.47. The molecule has 2 N–H and O–H groups in total. The average Bonchev–Trinajstić information content (AvgIpc) is 2.69. The minimum Gasteiger partial charge on any atom is -0.474 e. The molecule has 0 saturated heterocycles. The van der Waals surface area contributed by atoms with E-state index in [1.807, 2.05) is 6.07 Å². The minimum atomic E-state index is -0.192. The van der Waals surface area contributed by atoms with Gasteiger partial charge in [0.15, 0.2) is 5.90 Å². The summed E-state index contributed by atoms with van der Waals surface area (Å²) in [6, 6.07) is 6.71. The van der Waals surface area contributed by atoms with Gasteiger partial charge < -0.3 is 10.5 Å². The number of nitrogens with two attached hydrogens (primary N) is 1. The molecule has 0 saturated carbocycles. The Hall–Kier alpha value is -1.42. The number of benzene rings is 1. The number of aliphatic imine (C=N–C) groups is 1. The van der Waals surface area contributed by atoms with Gasteiger partial charge in [0.05, 0.1) is 13.1 Å². The van der Waals surface area contributed by atoms with Crippen molar-refractivity contribution in [3.8, 4) is 0 Å².